The van der Waals surface area contributed by atoms with Crippen molar-refractivity contribution in [2.45, 2.75) is 32.7 Å². The van der Waals surface area contributed by atoms with Gasteiger partial charge in [0.25, 0.3) is 5.91 Å². The van der Waals surface area contributed by atoms with Crippen molar-refractivity contribution < 1.29 is 33.4 Å². The quantitative estimate of drug-likeness (QED) is 0.231. The molecule has 234 valence electrons. The first-order valence-corrected chi connectivity index (χ1v) is 14.2. The van der Waals surface area contributed by atoms with Gasteiger partial charge in [0.15, 0.2) is 6.61 Å². The Hall–Kier alpha value is -5.06. The number of carbonyl (C=O) groups is 4. The fraction of sp³-hybridized carbons (Fsp3) is 0.333. The molecule has 0 saturated heterocycles. The molecule has 0 aliphatic heterocycles. The number of carbonyl (C=O) groups excluding carboxylic acids is 4. The fourth-order valence-corrected chi connectivity index (χ4v) is 4.41. The normalized spacial score (nSPS) is 11.2. The summed E-state index contributed by atoms with van der Waals surface area (Å²) in [6.45, 7) is 3.59. The lowest BCUT2D eigenvalue weighted by Crippen LogP contribution is -2.40. The predicted octanol–water partition coefficient (Wildman–Crippen LogP) is 4.48. The molecule has 0 heterocycles. The van der Waals surface area contributed by atoms with Gasteiger partial charge in [0.2, 0.25) is 5.91 Å². The van der Waals surface area contributed by atoms with E-state index >= 15 is 0 Å². The molecular formula is C33H40N4O7. The zero-order valence-electron chi connectivity index (χ0n) is 25.7. The molecule has 0 aromatic heterocycles. The van der Waals surface area contributed by atoms with Crippen LogP contribution in [0.4, 0.5) is 16.2 Å². The van der Waals surface area contributed by atoms with Gasteiger partial charge in [-0.2, -0.15) is 0 Å². The van der Waals surface area contributed by atoms with Gasteiger partial charge < -0.3 is 35.1 Å². The minimum absolute atomic E-state index is 0.0750. The molecular weight excluding hydrogens is 564 g/mol. The van der Waals surface area contributed by atoms with Crippen molar-refractivity contribution in [3.63, 3.8) is 0 Å². The fourth-order valence-electron chi connectivity index (χ4n) is 4.41. The number of benzene rings is 3. The summed E-state index contributed by atoms with van der Waals surface area (Å²) in [6.07, 6.45) is 0.675. The second-order valence-corrected chi connectivity index (χ2v) is 10.5. The molecule has 44 heavy (non-hydrogen) atoms. The summed E-state index contributed by atoms with van der Waals surface area (Å²) in [5.41, 5.74) is 2.54. The van der Waals surface area contributed by atoms with E-state index in [0.717, 1.165) is 5.56 Å². The minimum atomic E-state index is -0.571. The average molecular weight is 605 g/mol. The molecule has 0 aliphatic rings. The molecule has 0 bridgehead atoms. The Bertz CT molecular complexity index is 1440. The van der Waals surface area contributed by atoms with E-state index in [0.29, 0.717) is 34.9 Å². The Morgan fingerprint density at radius 1 is 0.909 bits per heavy atom. The Labute approximate surface area is 257 Å². The topological polar surface area (TPSA) is 135 Å². The molecule has 0 spiro atoms. The first kappa shape index (κ1) is 33.4. The predicted molar refractivity (Wildman–Crippen MR) is 168 cm³/mol. The molecule has 11 heteroatoms. The van der Waals surface area contributed by atoms with Crippen molar-refractivity contribution in [1.29, 1.82) is 0 Å². The highest BCUT2D eigenvalue weighted by Gasteiger charge is 2.21. The van der Waals surface area contributed by atoms with Crippen LogP contribution in [0.1, 0.15) is 37.4 Å². The molecule has 3 aromatic rings. The number of ether oxygens (including phenoxy) is 3. The number of methoxy groups -OCH3 is 2. The van der Waals surface area contributed by atoms with Crippen molar-refractivity contribution in [1.82, 2.24) is 10.6 Å². The van der Waals surface area contributed by atoms with Gasteiger partial charge in [-0.15, -0.1) is 0 Å². The number of nitrogens with zero attached hydrogens (tertiary/aromatic N) is 1. The third-order valence-electron chi connectivity index (χ3n) is 6.67. The van der Waals surface area contributed by atoms with Gasteiger partial charge in [-0.25, -0.2) is 4.79 Å². The first-order valence-electron chi connectivity index (χ1n) is 14.2. The maximum Gasteiger partial charge on any atom is 0.319 e. The van der Waals surface area contributed by atoms with Gasteiger partial charge in [-0.3, -0.25) is 14.4 Å². The largest absolute Gasteiger partial charge is 0.497 e. The maximum absolute atomic E-state index is 12.9. The van der Waals surface area contributed by atoms with Crippen molar-refractivity contribution in [3.05, 3.63) is 83.9 Å². The van der Waals surface area contributed by atoms with Gasteiger partial charge >= 0.3 is 12.0 Å². The van der Waals surface area contributed by atoms with Gasteiger partial charge in [-0.05, 0) is 48.2 Å². The zero-order chi connectivity index (χ0) is 32.1. The monoisotopic (exact) mass is 604 g/mol. The maximum atomic E-state index is 12.9. The zero-order valence-corrected chi connectivity index (χ0v) is 25.7. The lowest BCUT2D eigenvalue weighted by molar-refractivity contribution is -0.139. The molecule has 4 amide bonds. The molecule has 0 fully saturated rings. The molecule has 0 aliphatic carbocycles. The van der Waals surface area contributed by atoms with Crippen molar-refractivity contribution in [2.75, 3.05) is 44.6 Å². The highest BCUT2D eigenvalue weighted by atomic mass is 16.5. The van der Waals surface area contributed by atoms with Crippen LogP contribution in [0, 0.1) is 5.92 Å². The third-order valence-corrected chi connectivity index (χ3v) is 6.67. The lowest BCUT2D eigenvalue weighted by atomic mass is 9.96. The number of hydrogen-bond acceptors (Lipinski definition) is 7. The van der Waals surface area contributed by atoms with Crippen molar-refractivity contribution in [2.24, 2.45) is 5.92 Å². The smallest absolute Gasteiger partial charge is 0.319 e. The van der Waals surface area contributed by atoms with Crippen molar-refractivity contribution in [3.8, 4) is 11.5 Å². The number of amides is 4. The third kappa shape index (κ3) is 10.3. The SMILES string of the molecule is COC(=O)Cc1cccc(NC(=O)NCC(=O)NC(CC(C)C)c2ccccc2OCC(=O)N(C)c2cccc(OC)c2)c1. The summed E-state index contributed by atoms with van der Waals surface area (Å²) in [6, 6.07) is 20.2. The van der Waals surface area contributed by atoms with E-state index in [1.165, 1.54) is 12.0 Å². The molecule has 3 N–H and O–H groups in total. The molecule has 3 aromatic carbocycles. The lowest BCUT2D eigenvalue weighted by Gasteiger charge is -2.24. The van der Waals surface area contributed by atoms with Gasteiger partial charge in [0, 0.05) is 30.1 Å². The van der Waals surface area contributed by atoms with E-state index in [4.69, 9.17) is 9.47 Å². The number of urea groups is 1. The minimum Gasteiger partial charge on any atom is -0.497 e. The van der Waals surface area contributed by atoms with Crippen LogP contribution in [0.2, 0.25) is 0 Å². The summed E-state index contributed by atoms with van der Waals surface area (Å²) in [7, 11) is 4.54. The molecule has 0 radical (unpaired) electrons. The summed E-state index contributed by atoms with van der Waals surface area (Å²) in [5, 5.41) is 8.21. The van der Waals surface area contributed by atoms with E-state index in [-0.39, 0.29) is 31.4 Å². The number of anilines is 2. The number of nitrogens with one attached hydrogen (secondary N) is 3. The van der Waals surface area contributed by atoms with Crippen LogP contribution in [0.5, 0.6) is 11.5 Å². The first-order chi connectivity index (χ1) is 21.1. The highest BCUT2D eigenvalue weighted by molar-refractivity contribution is 5.94. The van der Waals surface area contributed by atoms with E-state index in [1.807, 2.05) is 26.0 Å². The molecule has 0 saturated carbocycles. The highest BCUT2D eigenvalue weighted by Crippen LogP contribution is 2.30. The van der Waals surface area contributed by atoms with Gasteiger partial charge in [-0.1, -0.05) is 50.2 Å². The number of esters is 1. The van der Waals surface area contributed by atoms with Crippen molar-refractivity contribution >= 4 is 35.2 Å². The van der Waals surface area contributed by atoms with Crippen LogP contribution in [-0.2, 0) is 25.5 Å². The van der Waals surface area contributed by atoms with E-state index < -0.39 is 23.9 Å². The number of likely N-dealkylation sites (N-methyl/N-ethyl adjacent to an activating group) is 1. The average Bonchev–Trinajstić information content (AvgIpc) is 3.02. The van der Waals surface area contributed by atoms with Gasteiger partial charge in [0.1, 0.15) is 11.5 Å². The molecule has 11 nitrogen and oxygen atoms in total. The number of para-hydroxylation sites is 1. The summed E-state index contributed by atoms with van der Waals surface area (Å²) >= 11 is 0. The molecule has 1 atom stereocenters. The van der Waals surface area contributed by atoms with E-state index in [1.54, 1.807) is 74.8 Å². The van der Waals surface area contributed by atoms with E-state index in [2.05, 4.69) is 20.7 Å². The number of rotatable bonds is 14. The van der Waals surface area contributed by atoms with Crippen LogP contribution in [0.15, 0.2) is 72.8 Å². The van der Waals surface area contributed by atoms with Crippen LogP contribution in [0.25, 0.3) is 0 Å². The summed E-state index contributed by atoms with van der Waals surface area (Å²) < 4.78 is 15.9. The summed E-state index contributed by atoms with van der Waals surface area (Å²) in [4.78, 5) is 51.4. The van der Waals surface area contributed by atoms with Crippen LogP contribution < -0.4 is 30.3 Å². The molecule has 1 unspecified atom stereocenters. The van der Waals surface area contributed by atoms with Crippen LogP contribution in [0.3, 0.4) is 0 Å². The second kappa shape index (κ2) is 16.5. The second-order valence-electron chi connectivity index (χ2n) is 10.5. The summed E-state index contributed by atoms with van der Waals surface area (Å²) in [5.74, 6) is 0.291. The van der Waals surface area contributed by atoms with Crippen LogP contribution in [-0.4, -0.2) is 58.2 Å². The van der Waals surface area contributed by atoms with Crippen LogP contribution >= 0.6 is 0 Å². The standard InChI is InChI=1S/C33H40N4O7/c1-22(2)16-28(36-30(38)20-34-33(41)35-24-11-8-10-23(17-24)18-32(40)43-5)27-14-6-7-15-29(27)44-21-31(39)37(3)25-12-9-13-26(19-25)42-4/h6-15,17,19,22,28H,16,18,20-21H2,1-5H3,(H,36,38)(H2,34,35,41). The molecule has 3 rings (SSSR count). The Morgan fingerprint density at radius 3 is 2.39 bits per heavy atom. The number of hydrogen-bond donors (Lipinski definition) is 3. The Morgan fingerprint density at radius 2 is 1.66 bits per heavy atom. The Balaban J connectivity index is 1.61. The Kier molecular flexibility index (Phi) is 12.6. The van der Waals surface area contributed by atoms with E-state index in [9.17, 15) is 19.2 Å². The van der Waals surface area contributed by atoms with Gasteiger partial charge in [0.05, 0.1) is 33.2 Å².